The van der Waals surface area contributed by atoms with Gasteiger partial charge in [0, 0.05) is 0 Å². The summed E-state index contributed by atoms with van der Waals surface area (Å²) in [4.78, 5) is 4.77. The smallest absolute Gasteiger partial charge is 0.0991 e. The van der Waals surface area contributed by atoms with Crippen LogP contribution in [0.25, 0.3) is 0 Å². The van der Waals surface area contributed by atoms with Crippen LogP contribution < -0.4 is 5.73 Å². The van der Waals surface area contributed by atoms with Crippen molar-refractivity contribution in [3.8, 4) is 6.07 Å². The van der Waals surface area contributed by atoms with Gasteiger partial charge in [0.05, 0.1) is 23.4 Å². The molecule has 1 aliphatic rings. The van der Waals surface area contributed by atoms with Gasteiger partial charge >= 0.3 is 0 Å². The molecule has 0 atom stereocenters. The Kier molecular flexibility index (Phi) is 6.22. The van der Waals surface area contributed by atoms with Gasteiger partial charge in [-0.25, -0.2) is 0 Å². The number of nitrogens with zero attached hydrogens (tertiary/aromatic N) is 2. The zero-order chi connectivity index (χ0) is 18.2. The van der Waals surface area contributed by atoms with Gasteiger partial charge < -0.3 is 5.73 Å². The molecular formula is C23H25N3. The Morgan fingerprint density at radius 3 is 2.46 bits per heavy atom. The van der Waals surface area contributed by atoms with Crippen LogP contribution in [0.2, 0.25) is 0 Å². The third kappa shape index (κ3) is 5.32. The average molecular weight is 343 g/mol. The number of allylic oxidation sites excluding steroid dienone is 1. The Balaban J connectivity index is 1.54. The standard InChI is InChI=1S/C23H25N3/c24-15-14-23(26-22-12-13-22)21-7-3-6-19(16-21)5-2-1-4-18-8-10-20(17-25)11-9-18/h3,6-11,14-16,22H,1-2,4-5,12-13,24H2. The monoisotopic (exact) mass is 343 g/mol. The van der Waals surface area contributed by atoms with E-state index in [1.807, 2.05) is 18.2 Å². The van der Waals surface area contributed by atoms with Gasteiger partial charge in [-0.15, -0.1) is 0 Å². The number of aliphatic imine (C=N–C) groups is 1. The highest BCUT2D eigenvalue weighted by Crippen LogP contribution is 2.25. The minimum atomic E-state index is 0.484. The van der Waals surface area contributed by atoms with E-state index in [-0.39, 0.29) is 0 Å². The fourth-order valence-electron chi connectivity index (χ4n) is 3.00. The lowest BCUT2D eigenvalue weighted by Crippen LogP contribution is -2.01. The summed E-state index contributed by atoms with van der Waals surface area (Å²) in [6.45, 7) is 0. The van der Waals surface area contributed by atoms with E-state index >= 15 is 0 Å². The van der Waals surface area contributed by atoms with E-state index in [1.165, 1.54) is 24.0 Å². The van der Waals surface area contributed by atoms with E-state index < -0.39 is 0 Å². The molecule has 3 rings (SSSR count). The molecule has 0 radical (unpaired) electrons. The molecule has 2 aromatic rings. The average Bonchev–Trinajstić information content (AvgIpc) is 3.50. The van der Waals surface area contributed by atoms with Gasteiger partial charge in [-0.2, -0.15) is 5.26 Å². The summed E-state index contributed by atoms with van der Waals surface area (Å²) in [6, 6.07) is 19.2. The molecule has 1 fully saturated rings. The highest BCUT2D eigenvalue weighted by atomic mass is 14.8. The molecule has 26 heavy (non-hydrogen) atoms. The van der Waals surface area contributed by atoms with Crippen LogP contribution >= 0.6 is 0 Å². The predicted molar refractivity (Wildman–Crippen MR) is 107 cm³/mol. The van der Waals surface area contributed by atoms with Crippen LogP contribution in [0.5, 0.6) is 0 Å². The number of benzene rings is 2. The summed E-state index contributed by atoms with van der Waals surface area (Å²) in [5.41, 5.74) is 11.1. The zero-order valence-corrected chi connectivity index (χ0v) is 15.1. The second-order valence-corrected chi connectivity index (χ2v) is 6.82. The number of hydrogen-bond donors (Lipinski definition) is 1. The van der Waals surface area contributed by atoms with Crippen molar-refractivity contribution in [2.75, 3.05) is 0 Å². The fraction of sp³-hybridized carbons (Fsp3) is 0.304. The zero-order valence-electron chi connectivity index (χ0n) is 15.1. The van der Waals surface area contributed by atoms with E-state index in [2.05, 4.69) is 42.5 Å². The summed E-state index contributed by atoms with van der Waals surface area (Å²) in [7, 11) is 0. The first-order valence-corrected chi connectivity index (χ1v) is 9.33. The number of nitriles is 1. The highest BCUT2D eigenvalue weighted by molar-refractivity contribution is 6.08. The van der Waals surface area contributed by atoms with Gasteiger partial charge in [0.25, 0.3) is 0 Å². The molecular weight excluding hydrogens is 318 g/mol. The Morgan fingerprint density at radius 1 is 1.08 bits per heavy atom. The van der Waals surface area contributed by atoms with Crippen LogP contribution in [-0.2, 0) is 12.8 Å². The van der Waals surface area contributed by atoms with Crippen LogP contribution in [-0.4, -0.2) is 11.8 Å². The molecule has 2 N–H and O–H groups in total. The van der Waals surface area contributed by atoms with Crippen molar-refractivity contribution in [2.45, 2.75) is 44.6 Å². The van der Waals surface area contributed by atoms with E-state index in [1.54, 1.807) is 6.20 Å². The number of rotatable bonds is 8. The van der Waals surface area contributed by atoms with Crippen molar-refractivity contribution in [2.24, 2.45) is 10.7 Å². The van der Waals surface area contributed by atoms with Crippen molar-refractivity contribution < 1.29 is 0 Å². The first-order valence-electron chi connectivity index (χ1n) is 9.33. The maximum Gasteiger partial charge on any atom is 0.0991 e. The fourth-order valence-corrected chi connectivity index (χ4v) is 3.00. The molecule has 0 aromatic heterocycles. The molecule has 0 bridgehead atoms. The van der Waals surface area contributed by atoms with Crippen molar-refractivity contribution in [3.63, 3.8) is 0 Å². The molecule has 3 nitrogen and oxygen atoms in total. The number of unbranched alkanes of at least 4 members (excludes halogenated alkanes) is 1. The Bertz CT molecular complexity index is 821. The van der Waals surface area contributed by atoms with Gasteiger partial charge in [-0.1, -0.05) is 30.3 Å². The van der Waals surface area contributed by atoms with Gasteiger partial charge in [-0.05, 0) is 85.7 Å². The molecule has 1 aliphatic carbocycles. The largest absolute Gasteiger partial charge is 0.405 e. The Morgan fingerprint density at radius 2 is 1.81 bits per heavy atom. The Labute approximate surface area is 155 Å². The maximum atomic E-state index is 8.85. The van der Waals surface area contributed by atoms with Crippen molar-refractivity contribution in [3.05, 3.63) is 83.1 Å². The first-order chi connectivity index (χ1) is 12.8. The van der Waals surface area contributed by atoms with Crippen LogP contribution in [0.1, 0.15) is 47.9 Å². The molecule has 2 aromatic carbocycles. The van der Waals surface area contributed by atoms with Gasteiger partial charge in [-0.3, -0.25) is 4.99 Å². The van der Waals surface area contributed by atoms with Crippen molar-refractivity contribution in [1.29, 1.82) is 5.26 Å². The summed E-state index contributed by atoms with van der Waals surface area (Å²) in [5, 5.41) is 8.85. The molecule has 0 spiro atoms. The molecule has 0 amide bonds. The van der Waals surface area contributed by atoms with Crippen LogP contribution in [0.15, 0.2) is 65.8 Å². The molecule has 0 unspecified atom stereocenters. The number of aryl methyl sites for hydroxylation is 2. The quantitative estimate of drug-likeness (QED) is 0.564. The lowest BCUT2D eigenvalue weighted by Gasteiger charge is -2.07. The third-order valence-electron chi connectivity index (χ3n) is 4.61. The number of hydrogen-bond acceptors (Lipinski definition) is 3. The van der Waals surface area contributed by atoms with E-state index in [0.717, 1.165) is 42.5 Å². The van der Waals surface area contributed by atoms with Crippen LogP contribution in [0.4, 0.5) is 0 Å². The van der Waals surface area contributed by atoms with E-state index in [0.29, 0.717) is 6.04 Å². The normalized spacial score (nSPS) is 14.5. The second kappa shape index (κ2) is 9.01. The first kappa shape index (κ1) is 17.9. The van der Waals surface area contributed by atoms with E-state index in [4.69, 9.17) is 16.0 Å². The maximum absolute atomic E-state index is 8.85. The third-order valence-corrected chi connectivity index (χ3v) is 4.61. The molecule has 0 aliphatic heterocycles. The van der Waals surface area contributed by atoms with E-state index in [9.17, 15) is 0 Å². The summed E-state index contributed by atoms with van der Waals surface area (Å²) in [6.07, 6.45) is 10.3. The van der Waals surface area contributed by atoms with Crippen LogP contribution in [0.3, 0.4) is 0 Å². The van der Waals surface area contributed by atoms with Crippen LogP contribution in [0, 0.1) is 11.3 Å². The van der Waals surface area contributed by atoms with Crippen molar-refractivity contribution >= 4 is 5.71 Å². The van der Waals surface area contributed by atoms with Crippen molar-refractivity contribution in [1.82, 2.24) is 0 Å². The second-order valence-electron chi connectivity index (χ2n) is 6.82. The minimum Gasteiger partial charge on any atom is -0.405 e. The molecule has 0 heterocycles. The Hall–Kier alpha value is -2.86. The number of nitrogens with two attached hydrogens (primary N) is 1. The summed E-state index contributed by atoms with van der Waals surface area (Å²) >= 11 is 0. The predicted octanol–water partition coefficient (Wildman–Crippen LogP) is 4.55. The summed E-state index contributed by atoms with van der Waals surface area (Å²) < 4.78 is 0. The topological polar surface area (TPSA) is 62.2 Å². The summed E-state index contributed by atoms with van der Waals surface area (Å²) in [5.74, 6) is 0. The lowest BCUT2D eigenvalue weighted by molar-refractivity contribution is 0.734. The lowest BCUT2D eigenvalue weighted by atomic mass is 10.0. The molecule has 132 valence electrons. The minimum absolute atomic E-state index is 0.484. The molecule has 1 saturated carbocycles. The molecule has 3 heteroatoms. The SMILES string of the molecule is N#Cc1ccc(CCCCc2cccc(C(C=CN)=NC3CC3)c2)cc1. The van der Waals surface area contributed by atoms with Gasteiger partial charge in [0.2, 0.25) is 0 Å². The molecule has 0 saturated heterocycles. The highest BCUT2D eigenvalue weighted by Gasteiger charge is 2.20. The van der Waals surface area contributed by atoms with Gasteiger partial charge in [0.1, 0.15) is 0 Å². The van der Waals surface area contributed by atoms with Gasteiger partial charge in [0.15, 0.2) is 0 Å².